The van der Waals surface area contributed by atoms with Crippen molar-refractivity contribution in [2.75, 3.05) is 11.9 Å². The van der Waals surface area contributed by atoms with E-state index in [9.17, 15) is 9.18 Å². The number of nitrogens with zero attached hydrogens (tertiary/aromatic N) is 2. The van der Waals surface area contributed by atoms with Gasteiger partial charge in [0.05, 0.1) is 17.4 Å². The second kappa shape index (κ2) is 6.99. The summed E-state index contributed by atoms with van der Waals surface area (Å²) < 4.78 is 13.0. The topological polar surface area (TPSA) is 66.9 Å². The first-order chi connectivity index (χ1) is 10.1. The van der Waals surface area contributed by atoms with Crippen molar-refractivity contribution in [1.29, 1.82) is 0 Å². The molecule has 0 aliphatic heterocycles. The Kier molecular flexibility index (Phi) is 5.05. The highest BCUT2D eigenvalue weighted by Gasteiger charge is 2.08. The van der Waals surface area contributed by atoms with Crippen LogP contribution in [0.5, 0.6) is 0 Å². The number of amides is 1. The number of hydrogen-bond acceptors (Lipinski definition) is 4. The van der Waals surface area contributed by atoms with E-state index in [0.29, 0.717) is 11.4 Å². The van der Waals surface area contributed by atoms with Gasteiger partial charge in [0, 0.05) is 13.1 Å². The Morgan fingerprint density at radius 3 is 2.76 bits per heavy atom. The van der Waals surface area contributed by atoms with E-state index >= 15 is 0 Å². The highest BCUT2D eigenvalue weighted by Crippen LogP contribution is 2.15. The van der Waals surface area contributed by atoms with Crippen LogP contribution in [-0.2, 0) is 6.54 Å². The molecule has 0 atom stereocenters. The molecule has 1 heterocycles. The number of anilines is 1. The normalized spacial score (nSPS) is 10.2. The Morgan fingerprint density at radius 1 is 1.33 bits per heavy atom. The van der Waals surface area contributed by atoms with Crippen LogP contribution >= 0.6 is 11.6 Å². The zero-order valence-electron chi connectivity index (χ0n) is 11.4. The number of benzene rings is 1. The molecule has 7 heteroatoms. The average Bonchev–Trinajstić information content (AvgIpc) is 2.49. The predicted octanol–water partition coefficient (Wildman–Crippen LogP) is 2.63. The van der Waals surface area contributed by atoms with Gasteiger partial charge >= 0.3 is 0 Å². The second-order valence-corrected chi connectivity index (χ2v) is 4.66. The summed E-state index contributed by atoms with van der Waals surface area (Å²) in [5.74, 6) is -0.234. The van der Waals surface area contributed by atoms with Crippen LogP contribution in [0.1, 0.15) is 23.0 Å². The third-order valence-electron chi connectivity index (χ3n) is 2.68. The van der Waals surface area contributed by atoms with Gasteiger partial charge in [0.25, 0.3) is 5.91 Å². The highest BCUT2D eigenvalue weighted by atomic mass is 35.5. The number of aromatic nitrogens is 2. The van der Waals surface area contributed by atoms with E-state index < -0.39 is 5.82 Å². The zero-order valence-corrected chi connectivity index (χ0v) is 12.1. The summed E-state index contributed by atoms with van der Waals surface area (Å²) in [4.78, 5) is 20.0. The monoisotopic (exact) mass is 308 g/mol. The number of hydrogen-bond donors (Lipinski definition) is 2. The second-order valence-electron chi connectivity index (χ2n) is 4.25. The Labute approximate surface area is 126 Å². The molecule has 0 aliphatic rings. The van der Waals surface area contributed by atoms with Crippen molar-refractivity contribution in [3.05, 3.63) is 52.7 Å². The summed E-state index contributed by atoms with van der Waals surface area (Å²) >= 11 is 5.68. The number of halogens is 2. The SMILES string of the molecule is CCNc1cnc(C(=O)NCc2ccc(F)c(Cl)c2)cn1. The molecule has 0 fully saturated rings. The van der Waals surface area contributed by atoms with Crippen molar-refractivity contribution in [3.8, 4) is 0 Å². The van der Waals surface area contributed by atoms with Gasteiger partial charge in [-0.05, 0) is 24.6 Å². The molecule has 110 valence electrons. The predicted molar refractivity (Wildman–Crippen MR) is 78.8 cm³/mol. The number of nitrogens with one attached hydrogen (secondary N) is 2. The van der Waals surface area contributed by atoms with Crippen molar-refractivity contribution < 1.29 is 9.18 Å². The summed E-state index contributed by atoms with van der Waals surface area (Å²) in [6.07, 6.45) is 2.89. The van der Waals surface area contributed by atoms with Gasteiger partial charge in [0.1, 0.15) is 17.3 Å². The highest BCUT2D eigenvalue weighted by molar-refractivity contribution is 6.30. The van der Waals surface area contributed by atoms with Crippen LogP contribution in [-0.4, -0.2) is 22.4 Å². The standard InChI is InChI=1S/C14H14ClFN4O/c1-2-17-13-8-18-12(7-19-13)14(21)20-6-9-3-4-11(16)10(15)5-9/h3-5,7-8H,2,6H2,1H3,(H,17,19)(H,20,21). The number of rotatable bonds is 5. The molecule has 5 nitrogen and oxygen atoms in total. The lowest BCUT2D eigenvalue weighted by Crippen LogP contribution is -2.24. The van der Waals surface area contributed by atoms with Crippen LogP contribution in [0.25, 0.3) is 0 Å². The van der Waals surface area contributed by atoms with E-state index in [1.807, 2.05) is 6.92 Å². The van der Waals surface area contributed by atoms with Gasteiger partial charge in [-0.25, -0.2) is 14.4 Å². The van der Waals surface area contributed by atoms with Crippen molar-refractivity contribution in [2.45, 2.75) is 13.5 Å². The summed E-state index contributed by atoms with van der Waals surface area (Å²) in [7, 11) is 0. The molecule has 0 unspecified atom stereocenters. The van der Waals surface area contributed by atoms with E-state index in [-0.39, 0.29) is 23.2 Å². The van der Waals surface area contributed by atoms with E-state index in [1.165, 1.54) is 24.5 Å². The summed E-state index contributed by atoms with van der Waals surface area (Å²) in [5, 5.41) is 5.68. The first-order valence-electron chi connectivity index (χ1n) is 6.38. The van der Waals surface area contributed by atoms with Gasteiger partial charge in [-0.1, -0.05) is 17.7 Å². The molecule has 1 aromatic carbocycles. The molecule has 0 saturated carbocycles. The minimum absolute atomic E-state index is 0.0246. The van der Waals surface area contributed by atoms with Crippen molar-refractivity contribution in [1.82, 2.24) is 15.3 Å². The lowest BCUT2D eigenvalue weighted by molar-refractivity contribution is 0.0945. The maximum absolute atomic E-state index is 13.0. The molecule has 0 saturated heterocycles. The molecule has 0 radical (unpaired) electrons. The fraction of sp³-hybridized carbons (Fsp3) is 0.214. The van der Waals surface area contributed by atoms with Gasteiger partial charge in [-0.15, -0.1) is 0 Å². The van der Waals surface area contributed by atoms with E-state index in [1.54, 1.807) is 6.07 Å². The summed E-state index contributed by atoms with van der Waals surface area (Å²) in [5.41, 5.74) is 0.914. The quantitative estimate of drug-likeness (QED) is 0.891. The third-order valence-corrected chi connectivity index (χ3v) is 2.97. The van der Waals surface area contributed by atoms with E-state index in [2.05, 4.69) is 20.6 Å². The van der Waals surface area contributed by atoms with E-state index in [4.69, 9.17) is 11.6 Å². The molecular formula is C14H14ClFN4O. The van der Waals surface area contributed by atoms with Crippen molar-refractivity contribution in [2.24, 2.45) is 0 Å². The maximum atomic E-state index is 13.0. The third kappa shape index (κ3) is 4.13. The minimum atomic E-state index is -0.489. The fourth-order valence-corrected chi connectivity index (χ4v) is 1.84. The Hall–Kier alpha value is -2.21. The van der Waals surface area contributed by atoms with Crippen LogP contribution in [0.2, 0.25) is 5.02 Å². The zero-order chi connectivity index (χ0) is 15.2. The van der Waals surface area contributed by atoms with Crippen LogP contribution in [0.15, 0.2) is 30.6 Å². The lowest BCUT2D eigenvalue weighted by Gasteiger charge is -2.06. The molecule has 0 aliphatic carbocycles. The smallest absolute Gasteiger partial charge is 0.271 e. The average molecular weight is 309 g/mol. The summed E-state index contributed by atoms with van der Waals surface area (Å²) in [6, 6.07) is 4.29. The molecule has 21 heavy (non-hydrogen) atoms. The Bertz CT molecular complexity index is 633. The Morgan fingerprint density at radius 2 is 2.14 bits per heavy atom. The van der Waals surface area contributed by atoms with Crippen molar-refractivity contribution in [3.63, 3.8) is 0 Å². The molecule has 2 rings (SSSR count). The van der Waals surface area contributed by atoms with Gasteiger partial charge in [-0.2, -0.15) is 0 Å². The molecule has 2 aromatic rings. The van der Waals surface area contributed by atoms with Crippen LogP contribution in [0.4, 0.5) is 10.2 Å². The maximum Gasteiger partial charge on any atom is 0.271 e. The van der Waals surface area contributed by atoms with E-state index in [0.717, 1.165) is 6.54 Å². The largest absolute Gasteiger partial charge is 0.369 e. The van der Waals surface area contributed by atoms with Gasteiger partial charge < -0.3 is 10.6 Å². The van der Waals surface area contributed by atoms with Gasteiger partial charge in [0.15, 0.2) is 0 Å². The minimum Gasteiger partial charge on any atom is -0.369 e. The summed E-state index contributed by atoms with van der Waals surface area (Å²) in [6.45, 7) is 2.90. The van der Waals surface area contributed by atoms with Crippen LogP contribution in [0, 0.1) is 5.82 Å². The molecular weight excluding hydrogens is 295 g/mol. The first-order valence-corrected chi connectivity index (χ1v) is 6.76. The number of carbonyl (C=O) groups is 1. The van der Waals surface area contributed by atoms with Crippen LogP contribution < -0.4 is 10.6 Å². The molecule has 1 aromatic heterocycles. The fourth-order valence-electron chi connectivity index (χ4n) is 1.64. The molecule has 0 bridgehead atoms. The van der Waals surface area contributed by atoms with Crippen molar-refractivity contribution >= 4 is 23.3 Å². The molecule has 1 amide bonds. The Balaban J connectivity index is 1.96. The molecule has 2 N–H and O–H groups in total. The number of carbonyl (C=O) groups excluding carboxylic acids is 1. The first kappa shape index (κ1) is 15.2. The van der Waals surface area contributed by atoms with Gasteiger partial charge in [0.2, 0.25) is 0 Å². The van der Waals surface area contributed by atoms with Gasteiger partial charge in [-0.3, -0.25) is 4.79 Å². The molecule has 0 spiro atoms. The lowest BCUT2D eigenvalue weighted by atomic mass is 10.2. The van der Waals surface area contributed by atoms with Crippen LogP contribution in [0.3, 0.4) is 0 Å².